The van der Waals surface area contributed by atoms with Crippen molar-refractivity contribution in [1.29, 1.82) is 0 Å². The van der Waals surface area contributed by atoms with Crippen LogP contribution < -0.4 is 15.1 Å². The molecule has 2 aliphatic heterocycles. The average Bonchev–Trinajstić information content (AvgIpc) is 3.25. The molecule has 2 saturated heterocycles. The lowest BCUT2D eigenvalue weighted by molar-refractivity contribution is -0.119. The van der Waals surface area contributed by atoms with Crippen molar-refractivity contribution in [2.75, 3.05) is 20.3 Å². The van der Waals surface area contributed by atoms with Crippen LogP contribution >= 0.6 is 23.2 Å². The number of rotatable bonds is 11. The van der Waals surface area contributed by atoms with Crippen molar-refractivity contribution in [3.8, 4) is 5.75 Å². The molecule has 0 spiro atoms. The summed E-state index contributed by atoms with van der Waals surface area (Å²) in [6.07, 6.45) is 2.03. The predicted octanol–water partition coefficient (Wildman–Crippen LogP) is 6.67. The summed E-state index contributed by atoms with van der Waals surface area (Å²) >= 11 is 13.7. The lowest BCUT2D eigenvalue weighted by atomic mass is 9.99. The summed E-state index contributed by atoms with van der Waals surface area (Å²) in [7, 11) is -0.986. The fraction of sp³-hybridized carbons (Fsp3) is 0.486. The minimum absolute atomic E-state index is 0.0190. The van der Waals surface area contributed by atoms with E-state index in [1.54, 1.807) is 7.11 Å². The molecule has 0 aromatic heterocycles. The third-order valence-electron chi connectivity index (χ3n) is 9.54. The summed E-state index contributed by atoms with van der Waals surface area (Å²) in [5, 5.41) is 2.44. The summed E-state index contributed by atoms with van der Waals surface area (Å²) in [6.45, 7) is 8.44. The lowest BCUT2D eigenvalue weighted by Crippen LogP contribution is -2.67. The molecule has 5 atom stereocenters. The molecule has 1 aliphatic carbocycles. The van der Waals surface area contributed by atoms with Gasteiger partial charge in [-0.15, -0.1) is 0 Å². The second-order valence-electron chi connectivity index (χ2n) is 13.1. The molecule has 2 heterocycles. The molecule has 3 aromatic rings. The molecule has 0 N–H and O–H groups in total. The second kappa shape index (κ2) is 12.1. The van der Waals surface area contributed by atoms with Gasteiger partial charge >= 0.3 is 0 Å². The van der Waals surface area contributed by atoms with Crippen LogP contribution in [-0.4, -0.2) is 56.9 Å². The maximum absolute atomic E-state index is 7.17. The molecule has 1 saturated carbocycles. The van der Waals surface area contributed by atoms with Crippen LogP contribution in [0.5, 0.6) is 5.75 Å². The van der Waals surface area contributed by atoms with Crippen molar-refractivity contribution in [2.45, 2.75) is 79.9 Å². The van der Waals surface area contributed by atoms with Gasteiger partial charge in [0.15, 0.2) is 4.33 Å². The highest BCUT2D eigenvalue weighted by Crippen LogP contribution is 2.71. The first-order valence-electron chi connectivity index (χ1n) is 15.3. The minimum atomic E-state index is -2.65. The quantitative estimate of drug-likeness (QED) is 0.133. The van der Waals surface area contributed by atoms with Crippen LogP contribution in [0.25, 0.3) is 0 Å². The molecule has 0 amide bonds. The largest absolute Gasteiger partial charge is 0.497 e. The van der Waals surface area contributed by atoms with Gasteiger partial charge < -0.3 is 23.4 Å². The fourth-order valence-electron chi connectivity index (χ4n) is 7.26. The summed E-state index contributed by atoms with van der Waals surface area (Å²) in [5.74, 6) is 0.849. The van der Waals surface area contributed by atoms with Crippen molar-refractivity contribution < 1.29 is 23.4 Å². The van der Waals surface area contributed by atoms with Crippen LogP contribution in [0.3, 0.4) is 0 Å². The smallest absolute Gasteiger partial charge is 0.261 e. The van der Waals surface area contributed by atoms with Crippen molar-refractivity contribution in [3.05, 3.63) is 90.5 Å². The van der Waals surface area contributed by atoms with Gasteiger partial charge in [0.25, 0.3) is 8.32 Å². The zero-order chi connectivity index (χ0) is 30.3. The maximum atomic E-state index is 7.17. The zero-order valence-corrected chi connectivity index (χ0v) is 27.9. The van der Waals surface area contributed by atoms with Gasteiger partial charge in [0.1, 0.15) is 11.4 Å². The van der Waals surface area contributed by atoms with Gasteiger partial charge in [-0.25, -0.2) is 0 Å². The molecule has 5 nitrogen and oxygen atoms in total. The predicted molar refractivity (Wildman–Crippen MR) is 174 cm³/mol. The van der Waals surface area contributed by atoms with Gasteiger partial charge in [0.05, 0.1) is 38.6 Å². The Hall–Kier alpha value is -1.90. The van der Waals surface area contributed by atoms with E-state index >= 15 is 0 Å². The van der Waals surface area contributed by atoms with Gasteiger partial charge in [0.2, 0.25) is 0 Å². The summed E-state index contributed by atoms with van der Waals surface area (Å²) in [5.41, 5.74) is 0.486. The van der Waals surface area contributed by atoms with Crippen LogP contribution in [0.4, 0.5) is 0 Å². The number of hydrogen-bond donors (Lipinski definition) is 0. The summed E-state index contributed by atoms with van der Waals surface area (Å²) < 4.78 is 30.8. The minimum Gasteiger partial charge on any atom is -0.497 e. The summed E-state index contributed by atoms with van der Waals surface area (Å²) in [4.78, 5) is 0. The van der Waals surface area contributed by atoms with Crippen molar-refractivity contribution in [2.24, 2.45) is 5.92 Å². The highest BCUT2D eigenvalue weighted by atomic mass is 35.5. The van der Waals surface area contributed by atoms with E-state index in [4.69, 9.17) is 46.6 Å². The van der Waals surface area contributed by atoms with Crippen LogP contribution in [-0.2, 0) is 25.2 Å². The Morgan fingerprint density at radius 2 is 1.49 bits per heavy atom. The van der Waals surface area contributed by atoms with Crippen LogP contribution in [0.15, 0.2) is 84.9 Å². The molecule has 8 heteroatoms. The molecular formula is C35H42Cl2O5Si. The molecule has 0 unspecified atom stereocenters. The van der Waals surface area contributed by atoms with Crippen molar-refractivity contribution >= 4 is 41.9 Å². The van der Waals surface area contributed by atoms with Crippen molar-refractivity contribution in [3.63, 3.8) is 0 Å². The number of halogens is 2. The number of hydrogen-bond acceptors (Lipinski definition) is 5. The van der Waals surface area contributed by atoms with E-state index < -0.39 is 18.3 Å². The summed E-state index contributed by atoms with van der Waals surface area (Å²) in [6, 6.07) is 29.4. The van der Waals surface area contributed by atoms with Crippen molar-refractivity contribution in [1.82, 2.24) is 0 Å². The SMILES string of the molecule is COc1ccc(COCC[C@]23O[C@@H]4C[C@@H](CO[Si](c5ccccc5)(c5ccccc5)C(C)(C)C)O[C@@H]4C[C@H]2C3(Cl)Cl)cc1. The second-order valence-corrected chi connectivity index (χ2v) is 18.8. The van der Waals surface area contributed by atoms with E-state index in [0.717, 1.165) is 24.2 Å². The Morgan fingerprint density at radius 3 is 2.07 bits per heavy atom. The van der Waals surface area contributed by atoms with E-state index in [1.165, 1.54) is 10.4 Å². The normalized spacial score (nSPS) is 27.8. The standard InChI is InChI=1S/C35H42Cl2O5Si/c1-33(2,3)43(28-11-7-5-8-12-28,29-13-9-6-10-14-29)40-24-27-21-31-30(41-27)22-32-34(42-31,35(32,36)37)19-20-39-23-25-15-17-26(38-4)18-16-25/h5-18,27,30-32H,19-24H2,1-4H3/t27-,30+,31+,32+,34-/m0/s1. The molecule has 0 bridgehead atoms. The number of fused-ring (bicyclic) bond motifs is 2. The molecule has 3 aromatic carbocycles. The maximum Gasteiger partial charge on any atom is 0.261 e. The molecule has 3 fully saturated rings. The molecular weight excluding hydrogens is 599 g/mol. The first-order valence-corrected chi connectivity index (χ1v) is 17.9. The number of alkyl halides is 2. The molecule has 230 valence electrons. The Kier molecular flexibility index (Phi) is 8.77. The molecule has 43 heavy (non-hydrogen) atoms. The fourth-order valence-corrected chi connectivity index (χ4v) is 12.8. The van der Waals surface area contributed by atoms with Gasteiger partial charge in [0, 0.05) is 25.4 Å². The van der Waals surface area contributed by atoms with Crippen LogP contribution in [0, 0.1) is 5.92 Å². The van der Waals surface area contributed by atoms with E-state index in [-0.39, 0.29) is 29.3 Å². The van der Waals surface area contributed by atoms with Crippen LogP contribution in [0.1, 0.15) is 45.6 Å². The van der Waals surface area contributed by atoms with Crippen LogP contribution in [0.2, 0.25) is 5.04 Å². The Labute approximate surface area is 266 Å². The Bertz CT molecular complexity index is 1320. The zero-order valence-electron chi connectivity index (χ0n) is 25.4. The highest BCUT2D eigenvalue weighted by molar-refractivity contribution is 6.99. The monoisotopic (exact) mass is 640 g/mol. The first-order chi connectivity index (χ1) is 20.6. The first kappa shape index (κ1) is 31.1. The number of methoxy groups -OCH3 is 1. The van der Waals surface area contributed by atoms with E-state index in [2.05, 4.69) is 81.4 Å². The number of ether oxygens (including phenoxy) is 4. The molecule has 3 aliphatic rings. The lowest BCUT2D eigenvalue weighted by Gasteiger charge is -2.43. The Morgan fingerprint density at radius 1 is 0.860 bits per heavy atom. The van der Waals surface area contributed by atoms with E-state index in [1.807, 2.05) is 24.3 Å². The topological polar surface area (TPSA) is 46.2 Å². The van der Waals surface area contributed by atoms with E-state index in [0.29, 0.717) is 26.2 Å². The number of benzene rings is 3. The highest BCUT2D eigenvalue weighted by Gasteiger charge is 2.80. The third kappa shape index (κ3) is 5.69. The van der Waals surface area contributed by atoms with Gasteiger partial charge in [-0.05, 0) is 39.5 Å². The van der Waals surface area contributed by atoms with Gasteiger partial charge in [-0.3, -0.25) is 0 Å². The molecule has 6 rings (SSSR count). The average molecular weight is 642 g/mol. The molecule has 0 radical (unpaired) electrons. The third-order valence-corrected chi connectivity index (χ3v) is 15.7. The van der Waals surface area contributed by atoms with Gasteiger partial charge in [-0.1, -0.05) is 117 Å². The van der Waals surface area contributed by atoms with E-state index in [9.17, 15) is 0 Å². The Balaban J connectivity index is 1.11. The van der Waals surface area contributed by atoms with Gasteiger partial charge in [-0.2, -0.15) is 0 Å².